The molecule has 1 N–H and O–H groups in total. The van der Waals surface area contributed by atoms with E-state index in [9.17, 15) is 4.79 Å². The number of thiazole rings is 1. The first-order chi connectivity index (χ1) is 9.72. The molecule has 0 atom stereocenters. The predicted molar refractivity (Wildman–Crippen MR) is 84.3 cm³/mol. The number of carbonyl (C=O) groups excluding carboxylic acids is 1. The van der Waals surface area contributed by atoms with Gasteiger partial charge in [0.05, 0.1) is 22.0 Å². The van der Waals surface area contributed by atoms with Crippen LogP contribution in [-0.2, 0) is 11.2 Å². The molecule has 0 aromatic carbocycles. The molecule has 3 nitrogen and oxygen atoms in total. The molecule has 1 fully saturated rings. The van der Waals surface area contributed by atoms with Gasteiger partial charge in [0.2, 0.25) is 5.91 Å². The zero-order valence-electron chi connectivity index (χ0n) is 11.5. The number of aromatic nitrogens is 1. The highest BCUT2D eigenvalue weighted by atomic mass is 32.1. The Morgan fingerprint density at radius 1 is 1.45 bits per heavy atom. The van der Waals surface area contributed by atoms with Crippen molar-refractivity contribution in [1.29, 1.82) is 0 Å². The monoisotopic (exact) mass is 306 g/mol. The van der Waals surface area contributed by atoms with Gasteiger partial charge >= 0.3 is 0 Å². The van der Waals surface area contributed by atoms with Gasteiger partial charge in [-0.05, 0) is 31.2 Å². The van der Waals surface area contributed by atoms with Crippen molar-refractivity contribution in [3.8, 4) is 10.6 Å². The van der Waals surface area contributed by atoms with E-state index in [2.05, 4.69) is 16.4 Å². The van der Waals surface area contributed by atoms with Crippen LogP contribution in [0.2, 0.25) is 0 Å². The van der Waals surface area contributed by atoms with E-state index in [4.69, 9.17) is 0 Å². The first-order valence-corrected chi connectivity index (χ1v) is 8.71. The van der Waals surface area contributed by atoms with Gasteiger partial charge in [0.25, 0.3) is 0 Å². The fourth-order valence-electron chi connectivity index (χ4n) is 2.69. The van der Waals surface area contributed by atoms with Crippen molar-refractivity contribution in [3.05, 3.63) is 27.4 Å². The Morgan fingerprint density at radius 2 is 2.25 bits per heavy atom. The number of carbonyl (C=O) groups is 1. The second-order valence-electron chi connectivity index (χ2n) is 5.21. The molecule has 1 aliphatic rings. The average molecular weight is 306 g/mol. The summed E-state index contributed by atoms with van der Waals surface area (Å²) in [6, 6.07) is 4.48. The molecule has 1 aliphatic carbocycles. The average Bonchev–Trinajstić information content (AvgIpc) is 3.10. The molecule has 0 unspecified atom stereocenters. The van der Waals surface area contributed by atoms with Crippen LogP contribution in [0.3, 0.4) is 0 Å². The molecule has 0 aliphatic heterocycles. The van der Waals surface area contributed by atoms with E-state index in [-0.39, 0.29) is 5.91 Å². The lowest BCUT2D eigenvalue weighted by atomic mass is 10.2. The molecule has 5 heteroatoms. The van der Waals surface area contributed by atoms with Gasteiger partial charge in [-0.1, -0.05) is 18.9 Å². The molecule has 2 aromatic heterocycles. The Labute approximate surface area is 127 Å². The second-order valence-corrected chi connectivity index (χ2v) is 7.44. The van der Waals surface area contributed by atoms with Crippen molar-refractivity contribution in [1.82, 2.24) is 10.3 Å². The zero-order chi connectivity index (χ0) is 13.9. The van der Waals surface area contributed by atoms with Gasteiger partial charge in [-0.15, -0.1) is 22.7 Å². The Hall–Kier alpha value is -1.20. The topological polar surface area (TPSA) is 42.0 Å². The van der Waals surface area contributed by atoms with Crippen LogP contribution < -0.4 is 5.32 Å². The van der Waals surface area contributed by atoms with Crippen molar-refractivity contribution in [2.45, 2.75) is 45.1 Å². The summed E-state index contributed by atoms with van der Waals surface area (Å²) in [5, 5.41) is 6.23. The van der Waals surface area contributed by atoms with Crippen molar-refractivity contribution in [2.24, 2.45) is 0 Å². The predicted octanol–water partition coefficient (Wildman–Crippen LogP) is 3.78. The first kappa shape index (κ1) is 13.8. The molecule has 0 saturated heterocycles. The van der Waals surface area contributed by atoms with E-state index in [0.717, 1.165) is 33.3 Å². The minimum atomic E-state index is 0.137. The molecule has 1 amide bonds. The molecule has 1 saturated carbocycles. The summed E-state index contributed by atoms with van der Waals surface area (Å²) < 4.78 is 0. The highest BCUT2D eigenvalue weighted by Gasteiger charge is 2.20. The molecule has 106 valence electrons. The summed E-state index contributed by atoms with van der Waals surface area (Å²) >= 11 is 3.31. The number of rotatable bonds is 4. The SMILES string of the molecule is Cc1nc(-c2cccs2)c(CC(=O)NC2CCCC2)s1. The normalized spacial score (nSPS) is 15.7. The third-order valence-electron chi connectivity index (χ3n) is 3.60. The van der Waals surface area contributed by atoms with Crippen LogP contribution in [0.25, 0.3) is 10.6 Å². The Kier molecular flexibility index (Phi) is 4.17. The van der Waals surface area contributed by atoms with Crippen LogP contribution in [0.1, 0.15) is 35.6 Å². The molecular weight excluding hydrogens is 288 g/mol. The number of thiophene rings is 1. The largest absolute Gasteiger partial charge is 0.353 e. The fourth-order valence-corrected chi connectivity index (χ4v) is 4.44. The quantitative estimate of drug-likeness (QED) is 0.934. The van der Waals surface area contributed by atoms with E-state index in [1.165, 1.54) is 12.8 Å². The van der Waals surface area contributed by atoms with Crippen molar-refractivity contribution >= 4 is 28.6 Å². The van der Waals surface area contributed by atoms with Crippen LogP contribution >= 0.6 is 22.7 Å². The number of hydrogen-bond acceptors (Lipinski definition) is 4. The van der Waals surface area contributed by atoms with Crippen LogP contribution in [0.5, 0.6) is 0 Å². The van der Waals surface area contributed by atoms with E-state index in [1.54, 1.807) is 22.7 Å². The van der Waals surface area contributed by atoms with Gasteiger partial charge in [-0.25, -0.2) is 4.98 Å². The number of nitrogens with zero attached hydrogens (tertiary/aromatic N) is 1. The Morgan fingerprint density at radius 3 is 2.95 bits per heavy atom. The van der Waals surface area contributed by atoms with E-state index in [0.29, 0.717) is 12.5 Å². The molecule has 2 heterocycles. The van der Waals surface area contributed by atoms with Crippen molar-refractivity contribution in [2.75, 3.05) is 0 Å². The lowest BCUT2D eigenvalue weighted by molar-refractivity contribution is -0.121. The standard InChI is InChI=1S/C15H18N2OS2/c1-10-16-15(12-7-4-8-19-12)13(20-10)9-14(18)17-11-5-2-3-6-11/h4,7-8,11H,2-3,5-6,9H2,1H3,(H,17,18). The third-order valence-corrected chi connectivity index (χ3v) is 5.45. The number of hydrogen-bond donors (Lipinski definition) is 1. The maximum Gasteiger partial charge on any atom is 0.225 e. The summed E-state index contributed by atoms with van der Waals surface area (Å²) in [6.45, 7) is 2.00. The molecule has 0 bridgehead atoms. The summed E-state index contributed by atoms with van der Waals surface area (Å²) in [6.07, 6.45) is 5.20. The van der Waals surface area contributed by atoms with Crippen LogP contribution in [0.15, 0.2) is 17.5 Å². The van der Waals surface area contributed by atoms with Gasteiger partial charge in [-0.3, -0.25) is 4.79 Å². The first-order valence-electron chi connectivity index (χ1n) is 7.02. The molecular formula is C15H18N2OS2. The highest BCUT2D eigenvalue weighted by molar-refractivity contribution is 7.15. The van der Waals surface area contributed by atoms with E-state index in [1.807, 2.05) is 18.4 Å². The van der Waals surface area contributed by atoms with E-state index < -0.39 is 0 Å². The van der Waals surface area contributed by atoms with Crippen LogP contribution in [0.4, 0.5) is 0 Å². The molecule has 0 spiro atoms. The Bertz CT molecular complexity index is 583. The van der Waals surface area contributed by atoms with Gasteiger partial charge in [0.1, 0.15) is 0 Å². The van der Waals surface area contributed by atoms with Crippen LogP contribution in [-0.4, -0.2) is 16.9 Å². The maximum absolute atomic E-state index is 12.2. The van der Waals surface area contributed by atoms with Gasteiger partial charge < -0.3 is 5.32 Å². The highest BCUT2D eigenvalue weighted by Crippen LogP contribution is 2.31. The smallest absolute Gasteiger partial charge is 0.225 e. The van der Waals surface area contributed by atoms with Crippen molar-refractivity contribution < 1.29 is 4.79 Å². The number of nitrogens with one attached hydrogen (secondary N) is 1. The number of aryl methyl sites for hydroxylation is 1. The minimum Gasteiger partial charge on any atom is -0.353 e. The lowest BCUT2D eigenvalue weighted by Gasteiger charge is -2.11. The fraction of sp³-hybridized carbons (Fsp3) is 0.467. The number of amides is 1. The molecule has 3 rings (SSSR count). The second kappa shape index (κ2) is 6.06. The lowest BCUT2D eigenvalue weighted by Crippen LogP contribution is -2.33. The third kappa shape index (κ3) is 3.10. The van der Waals surface area contributed by atoms with Gasteiger partial charge in [0.15, 0.2) is 0 Å². The molecule has 20 heavy (non-hydrogen) atoms. The summed E-state index contributed by atoms with van der Waals surface area (Å²) in [5.74, 6) is 0.137. The van der Waals surface area contributed by atoms with Gasteiger partial charge in [-0.2, -0.15) is 0 Å². The van der Waals surface area contributed by atoms with Crippen LogP contribution in [0, 0.1) is 6.92 Å². The van der Waals surface area contributed by atoms with E-state index >= 15 is 0 Å². The summed E-state index contributed by atoms with van der Waals surface area (Å²) in [4.78, 5) is 19.0. The molecule has 2 aromatic rings. The minimum absolute atomic E-state index is 0.137. The Balaban J connectivity index is 1.72. The van der Waals surface area contributed by atoms with Crippen molar-refractivity contribution in [3.63, 3.8) is 0 Å². The summed E-state index contributed by atoms with van der Waals surface area (Å²) in [5.41, 5.74) is 0.990. The molecule has 0 radical (unpaired) electrons. The zero-order valence-corrected chi connectivity index (χ0v) is 13.1. The maximum atomic E-state index is 12.2. The van der Waals surface area contributed by atoms with Gasteiger partial charge in [0, 0.05) is 10.9 Å². The summed E-state index contributed by atoms with van der Waals surface area (Å²) in [7, 11) is 0.